The lowest BCUT2D eigenvalue weighted by Gasteiger charge is -2.35. The van der Waals surface area contributed by atoms with Crippen molar-refractivity contribution in [1.82, 2.24) is 24.6 Å². The van der Waals surface area contributed by atoms with Crippen LogP contribution in [0, 0.1) is 5.92 Å². The highest BCUT2D eigenvalue weighted by Crippen LogP contribution is 2.25. The summed E-state index contributed by atoms with van der Waals surface area (Å²) in [7, 11) is 0. The number of aromatic nitrogens is 4. The van der Waals surface area contributed by atoms with E-state index in [0.29, 0.717) is 22.9 Å². The molecule has 0 bridgehead atoms. The first-order valence-corrected chi connectivity index (χ1v) is 10.4. The fourth-order valence-electron chi connectivity index (χ4n) is 4.26. The molecule has 2 aromatic heterocycles. The molecule has 0 atom stereocenters. The van der Waals surface area contributed by atoms with Gasteiger partial charge in [-0.25, -0.2) is 4.68 Å². The summed E-state index contributed by atoms with van der Waals surface area (Å²) in [5, 5.41) is 4.87. The molecule has 2 aromatic rings. The number of anilines is 1. The predicted molar refractivity (Wildman–Crippen MR) is 109 cm³/mol. The molecule has 28 heavy (non-hydrogen) atoms. The van der Waals surface area contributed by atoms with Crippen LogP contribution in [0.4, 0.5) is 5.95 Å². The third-order valence-electron chi connectivity index (χ3n) is 5.87. The van der Waals surface area contributed by atoms with Crippen LogP contribution in [0.25, 0.3) is 11.0 Å². The maximum atomic E-state index is 12.8. The summed E-state index contributed by atoms with van der Waals surface area (Å²) in [5.41, 5.74) is 0.188. The third kappa shape index (κ3) is 3.52. The molecule has 0 radical (unpaired) electrons. The van der Waals surface area contributed by atoms with Crippen LogP contribution in [0.3, 0.4) is 0 Å². The van der Waals surface area contributed by atoms with Crippen molar-refractivity contribution < 1.29 is 4.79 Å². The second kappa shape index (κ2) is 7.22. The minimum atomic E-state index is -0.256. The third-order valence-corrected chi connectivity index (χ3v) is 5.87. The van der Waals surface area contributed by atoms with E-state index < -0.39 is 0 Å². The average Bonchev–Trinajstić information content (AvgIpc) is 3.13. The molecule has 4 heterocycles. The first kappa shape index (κ1) is 19.0. The average molecular weight is 387 g/mol. The number of likely N-dealkylation sites (tertiary alicyclic amines) is 1. The first-order chi connectivity index (χ1) is 13.3. The number of rotatable bonds is 2. The zero-order chi connectivity index (χ0) is 19.9. The Bertz CT molecular complexity index is 911. The van der Waals surface area contributed by atoms with Gasteiger partial charge in [-0.1, -0.05) is 0 Å². The summed E-state index contributed by atoms with van der Waals surface area (Å²) in [4.78, 5) is 37.0. The second-order valence-electron chi connectivity index (χ2n) is 9.00. The van der Waals surface area contributed by atoms with Gasteiger partial charge in [0.05, 0.1) is 11.7 Å². The highest BCUT2D eigenvalue weighted by Gasteiger charge is 2.30. The van der Waals surface area contributed by atoms with E-state index in [0.717, 1.165) is 51.9 Å². The summed E-state index contributed by atoms with van der Waals surface area (Å²) < 4.78 is 1.80. The van der Waals surface area contributed by atoms with Crippen molar-refractivity contribution in [2.75, 3.05) is 31.1 Å². The Morgan fingerprint density at radius 3 is 2.43 bits per heavy atom. The molecule has 2 fully saturated rings. The first-order valence-electron chi connectivity index (χ1n) is 10.4. The van der Waals surface area contributed by atoms with Crippen LogP contribution in [0.1, 0.15) is 52.9 Å². The van der Waals surface area contributed by atoms with Gasteiger partial charge in [-0.15, -0.1) is 0 Å². The number of fused-ring (bicyclic) bond motifs is 1. The summed E-state index contributed by atoms with van der Waals surface area (Å²) >= 11 is 0. The largest absolute Gasteiger partial charge is 0.342 e. The second-order valence-corrected chi connectivity index (χ2v) is 9.00. The highest BCUT2D eigenvalue weighted by molar-refractivity contribution is 5.79. The molecular formula is C20H30N6O2. The number of nitrogens with zero attached hydrogens (tertiary/aromatic N) is 5. The lowest BCUT2D eigenvalue weighted by molar-refractivity contribution is -0.137. The van der Waals surface area contributed by atoms with Gasteiger partial charge in [0.15, 0.2) is 5.65 Å². The number of hydrogen-bond acceptors (Lipinski definition) is 5. The summed E-state index contributed by atoms with van der Waals surface area (Å²) in [6.45, 7) is 9.38. The number of piperidine rings is 2. The number of carbonyl (C=O) groups is 1. The molecule has 0 unspecified atom stereocenters. The van der Waals surface area contributed by atoms with Gasteiger partial charge < -0.3 is 9.80 Å². The standard InChI is InChI=1S/C20H30N6O2/c1-20(2,3)26-16-15(13-21-26)17(27)23-19(22-16)25-11-7-14(8-12-25)18(28)24-9-5-4-6-10-24/h13-14H,4-12H2,1-3H3,(H,22,23,27). The van der Waals surface area contributed by atoms with Crippen LogP contribution in [-0.4, -0.2) is 56.7 Å². The Hall–Kier alpha value is -2.38. The fraction of sp³-hybridized carbons (Fsp3) is 0.700. The highest BCUT2D eigenvalue weighted by atomic mass is 16.2. The number of carbonyl (C=O) groups excluding carboxylic acids is 1. The van der Waals surface area contributed by atoms with Gasteiger partial charge >= 0.3 is 0 Å². The van der Waals surface area contributed by atoms with Crippen molar-refractivity contribution in [3.05, 3.63) is 16.6 Å². The summed E-state index contributed by atoms with van der Waals surface area (Å²) in [6.07, 6.45) is 6.66. The molecule has 1 amide bonds. The molecule has 0 saturated carbocycles. The zero-order valence-electron chi connectivity index (χ0n) is 17.1. The Balaban J connectivity index is 1.51. The van der Waals surface area contributed by atoms with E-state index in [2.05, 4.69) is 15.0 Å². The molecule has 1 N–H and O–H groups in total. The van der Waals surface area contributed by atoms with E-state index >= 15 is 0 Å². The van der Waals surface area contributed by atoms with Crippen molar-refractivity contribution in [1.29, 1.82) is 0 Å². The van der Waals surface area contributed by atoms with Crippen LogP contribution in [-0.2, 0) is 10.3 Å². The van der Waals surface area contributed by atoms with Crippen LogP contribution >= 0.6 is 0 Å². The molecule has 8 heteroatoms. The molecule has 4 rings (SSSR count). The molecule has 2 saturated heterocycles. The Morgan fingerprint density at radius 2 is 1.79 bits per heavy atom. The van der Waals surface area contributed by atoms with Gasteiger partial charge in [0.25, 0.3) is 5.56 Å². The monoisotopic (exact) mass is 386 g/mol. The van der Waals surface area contributed by atoms with Gasteiger partial charge in [-0.05, 0) is 52.9 Å². The Kier molecular flexibility index (Phi) is 4.89. The number of aromatic amines is 1. The minimum absolute atomic E-state index is 0.0879. The van der Waals surface area contributed by atoms with Gasteiger partial charge in [-0.3, -0.25) is 14.6 Å². The van der Waals surface area contributed by atoms with Crippen molar-refractivity contribution >= 4 is 22.9 Å². The van der Waals surface area contributed by atoms with E-state index in [-0.39, 0.29) is 17.0 Å². The zero-order valence-corrected chi connectivity index (χ0v) is 17.1. The maximum absolute atomic E-state index is 12.8. The number of H-pyrrole nitrogens is 1. The molecule has 0 aromatic carbocycles. The van der Waals surface area contributed by atoms with Crippen LogP contribution in [0.15, 0.2) is 11.0 Å². The molecule has 0 spiro atoms. The number of amides is 1. The quantitative estimate of drug-likeness (QED) is 0.854. The van der Waals surface area contributed by atoms with Crippen LogP contribution in [0.5, 0.6) is 0 Å². The predicted octanol–water partition coefficient (Wildman–Crippen LogP) is 2.10. The van der Waals surface area contributed by atoms with Crippen molar-refractivity contribution in [3.8, 4) is 0 Å². The summed E-state index contributed by atoms with van der Waals surface area (Å²) in [6, 6.07) is 0. The van der Waals surface area contributed by atoms with E-state index in [1.54, 1.807) is 10.9 Å². The lowest BCUT2D eigenvalue weighted by atomic mass is 9.94. The van der Waals surface area contributed by atoms with E-state index in [9.17, 15) is 9.59 Å². The summed E-state index contributed by atoms with van der Waals surface area (Å²) in [5.74, 6) is 0.972. The van der Waals surface area contributed by atoms with E-state index in [1.165, 1.54) is 6.42 Å². The molecule has 2 aliphatic rings. The van der Waals surface area contributed by atoms with Crippen molar-refractivity contribution in [3.63, 3.8) is 0 Å². The molecule has 2 aliphatic heterocycles. The normalized spacial score (nSPS) is 19.4. The maximum Gasteiger partial charge on any atom is 0.263 e. The van der Waals surface area contributed by atoms with Gasteiger partial charge in [0.2, 0.25) is 11.9 Å². The van der Waals surface area contributed by atoms with E-state index in [1.807, 2.05) is 25.7 Å². The van der Waals surface area contributed by atoms with Crippen molar-refractivity contribution in [2.24, 2.45) is 5.92 Å². The van der Waals surface area contributed by atoms with Gasteiger partial charge in [0.1, 0.15) is 5.39 Å². The molecule has 8 nitrogen and oxygen atoms in total. The smallest absolute Gasteiger partial charge is 0.263 e. The Labute approximate surface area is 164 Å². The number of hydrogen-bond donors (Lipinski definition) is 1. The number of nitrogens with one attached hydrogen (secondary N) is 1. The van der Waals surface area contributed by atoms with Gasteiger partial charge in [-0.2, -0.15) is 10.1 Å². The van der Waals surface area contributed by atoms with Crippen LogP contribution in [0.2, 0.25) is 0 Å². The fourth-order valence-corrected chi connectivity index (χ4v) is 4.26. The molecule has 0 aliphatic carbocycles. The lowest BCUT2D eigenvalue weighted by Crippen LogP contribution is -2.45. The minimum Gasteiger partial charge on any atom is -0.342 e. The SMILES string of the molecule is CC(C)(C)n1ncc2c(=O)[nH]c(N3CCC(C(=O)N4CCCCC4)CC3)nc21. The van der Waals surface area contributed by atoms with Crippen LogP contribution < -0.4 is 10.5 Å². The van der Waals surface area contributed by atoms with E-state index in [4.69, 9.17) is 4.98 Å². The molecular weight excluding hydrogens is 356 g/mol. The van der Waals surface area contributed by atoms with Crippen molar-refractivity contribution in [2.45, 2.75) is 58.4 Å². The topological polar surface area (TPSA) is 87.1 Å². The molecule has 152 valence electrons. The Morgan fingerprint density at radius 1 is 1.11 bits per heavy atom. The van der Waals surface area contributed by atoms with Gasteiger partial charge in [0, 0.05) is 32.1 Å².